The zero-order valence-electron chi connectivity index (χ0n) is 24.0. The standard InChI is InChI=1S/C30H31Cl2F2N3O5S2/c1-36(2)15-19-6-8-26(44-19)27(38)37-9-10-43-28(37)29(39)41-24(12-20-21(31)13-35-14-22(20)32)18-5-7-23(42-30(33)34)25(11-18)40-16-17-3-4-17/h5-8,11,13-14,17,24,28,30H,3-4,9-10,12,15-16H2,1-2H3/t24-,28?/m0/s1. The Morgan fingerprint density at radius 1 is 1.11 bits per heavy atom. The number of thiophene rings is 1. The summed E-state index contributed by atoms with van der Waals surface area (Å²) in [6.07, 6.45) is 3.98. The predicted molar refractivity (Wildman–Crippen MR) is 167 cm³/mol. The van der Waals surface area contributed by atoms with Crippen LogP contribution in [-0.4, -0.2) is 71.6 Å². The summed E-state index contributed by atoms with van der Waals surface area (Å²) in [7, 11) is 3.91. The number of hydrogen-bond donors (Lipinski definition) is 0. The summed E-state index contributed by atoms with van der Waals surface area (Å²) >= 11 is 15.6. The van der Waals surface area contributed by atoms with E-state index in [2.05, 4.69) is 4.98 Å². The molecule has 1 amide bonds. The average molecular weight is 687 g/mol. The number of esters is 1. The third kappa shape index (κ3) is 8.33. The highest BCUT2D eigenvalue weighted by Gasteiger charge is 2.38. The first-order chi connectivity index (χ1) is 21.1. The van der Waals surface area contributed by atoms with E-state index in [4.69, 9.17) is 37.4 Å². The van der Waals surface area contributed by atoms with Gasteiger partial charge in [-0.3, -0.25) is 9.78 Å². The second kappa shape index (κ2) is 14.6. The highest BCUT2D eigenvalue weighted by atomic mass is 35.5. The molecular weight excluding hydrogens is 655 g/mol. The number of nitrogens with zero attached hydrogens (tertiary/aromatic N) is 3. The van der Waals surface area contributed by atoms with Crippen LogP contribution in [0.4, 0.5) is 8.78 Å². The van der Waals surface area contributed by atoms with E-state index in [1.807, 2.05) is 25.1 Å². The van der Waals surface area contributed by atoms with Gasteiger partial charge in [-0.1, -0.05) is 29.3 Å². The van der Waals surface area contributed by atoms with Crippen molar-refractivity contribution in [1.29, 1.82) is 0 Å². The van der Waals surface area contributed by atoms with Gasteiger partial charge in [0.05, 0.1) is 21.5 Å². The Morgan fingerprint density at radius 2 is 1.86 bits per heavy atom. The van der Waals surface area contributed by atoms with Gasteiger partial charge in [-0.05, 0) is 68.2 Å². The molecule has 3 heterocycles. The van der Waals surface area contributed by atoms with Crippen LogP contribution in [0.15, 0.2) is 42.7 Å². The minimum Gasteiger partial charge on any atom is -0.489 e. The van der Waals surface area contributed by atoms with Crippen molar-refractivity contribution in [2.45, 2.75) is 43.9 Å². The predicted octanol–water partition coefficient (Wildman–Crippen LogP) is 6.94. The topological polar surface area (TPSA) is 81.2 Å². The fourth-order valence-corrected chi connectivity index (χ4v) is 7.37. The van der Waals surface area contributed by atoms with E-state index < -0.39 is 24.1 Å². The van der Waals surface area contributed by atoms with E-state index in [1.54, 1.807) is 6.07 Å². The lowest BCUT2D eigenvalue weighted by molar-refractivity contribution is -0.151. The molecular formula is C30H31Cl2F2N3O5S2. The number of ether oxygens (including phenoxy) is 3. The van der Waals surface area contributed by atoms with E-state index in [9.17, 15) is 18.4 Å². The minimum absolute atomic E-state index is 0.0627. The molecule has 5 rings (SSSR count). The van der Waals surface area contributed by atoms with Crippen molar-refractivity contribution >= 4 is 58.2 Å². The maximum absolute atomic E-state index is 13.7. The molecule has 2 aliphatic rings. The first-order valence-corrected chi connectivity index (χ1v) is 16.6. The second-order valence-corrected chi connectivity index (χ2v) is 13.9. The third-order valence-electron chi connectivity index (χ3n) is 7.03. The van der Waals surface area contributed by atoms with Crippen LogP contribution in [0.1, 0.15) is 44.6 Å². The number of halogens is 4. The van der Waals surface area contributed by atoms with Crippen molar-refractivity contribution in [3.05, 3.63) is 73.7 Å². The van der Waals surface area contributed by atoms with Gasteiger partial charge in [0.25, 0.3) is 5.91 Å². The molecule has 0 radical (unpaired) electrons. The van der Waals surface area contributed by atoms with Crippen LogP contribution in [0.25, 0.3) is 0 Å². The quantitative estimate of drug-likeness (QED) is 0.179. The number of pyridine rings is 1. The number of rotatable bonds is 13. The van der Waals surface area contributed by atoms with Crippen molar-refractivity contribution < 1.29 is 32.6 Å². The molecule has 44 heavy (non-hydrogen) atoms. The molecule has 3 aromatic rings. The van der Waals surface area contributed by atoms with Crippen LogP contribution in [-0.2, 0) is 22.5 Å². The van der Waals surface area contributed by atoms with Crippen molar-refractivity contribution in [2.75, 3.05) is 33.0 Å². The number of benzene rings is 1. The lowest BCUT2D eigenvalue weighted by atomic mass is 10.0. The first kappa shape index (κ1) is 32.7. The number of aromatic nitrogens is 1. The van der Waals surface area contributed by atoms with Gasteiger partial charge in [0.2, 0.25) is 0 Å². The monoisotopic (exact) mass is 685 g/mol. The van der Waals surface area contributed by atoms with Crippen LogP contribution >= 0.6 is 46.3 Å². The highest BCUT2D eigenvalue weighted by molar-refractivity contribution is 8.00. The molecule has 1 saturated carbocycles. The Balaban J connectivity index is 1.41. The zero-order chi connectivity index (χ0) is 31.4. The number of carbonyl (C=O) groups excluding carboxylic acids is 2. The largest absolute Gasteiger partial charge is 0.489 e. The van der Waals surface area contributed by atoms with E-state index in [1.165, 1.54) is 58.6 Å². The molecule has 1 aliphatic carbocycles. The van der Waals surface area contributed by atoms with Crippen LogP contribution < -0.4 is 9.47 Å². The molecule has 1 aromatic carbocycles. The van der Waals surface area contributed by atoms with Crippen LogP contribution in [0.3, 0.4) is 0 Å². The van der Waals surface area contributed by atoms with Gasteiger partial charge < -0.3 is 24.0 Å². The molecule has 8 nitrogen and oxygen atoms in total. The Morgan fingerprint density at radius 3 is 2.55 bits per heavy atom. The van der Waals surface area contributed by atoms with Crippen LogP contribution in [0.2, 0.25) is 10.0 Å². The fourth-order valence-electron chi connectivity index (χ4n) is 4.67. The molecule has 1 saturated heterocycles. The van der Waals surface area contributed by atoms with E-state index >= 15 is 0 Å². The van der Waals surface area contributed by atoms with Gasteiger partial charge in [-0.2, -0.15) is 8.78 Å². The van der Waals surface area contributed by atoms with Crippen molar-refractivity contribution in [3.8, 4) is 11.5 Å². The summed E-state index contributed by atoms with van der Waals surface area (Å²) in [5.41, 5.74) is 0.954. The van der Waals surface area contributed by atoms with E-state index in [0.29, 0.717) is 47.4 Å². The summed E-state index contributed by atoms with van der Waals surface area (Å²) in [5, 5.41) is -0.320. The summed E-state index contributed by atoms with van der Waals surface area (Å²) in [6, 6.07) is 8.12. The Labute approximate surface area is 272 Å². The van der Waals surface area contributed by atoms with E-state index in [0.717, 1.165) is 17.7 Å². The summed E-state index contributed by atoms with van der Waals surface area (Å²) in [6.45, 7) is -1.61. The summed E-state index contributed by atoms with van der Waals surface area (Å²) in [5.74, 6) is 0.0421. The normalized spacial score (nSPS) is 17.3. The van der Waals surface area contributed by atoms with Crippen molar-refractivity contribution in [2.24, 2.45) is 5.92 Å². The Bertz CT molecular complexity index is 1470. The maximum Gasteiger partial charge on any atom is 0.387 e. The fraction of sp³-hybridized carbons (Fsp3) is 0.433. The minimum atomic E-state index is -3.04. The van der Waals surface area contributed by atoms with Crippen molar-refractivity contribution in [1.82, 2.24) is 14.8 Å². The molecule has 236 valence electrons. The first-order valence-electron chi connectivity index (χ1n) is 13.9. The van der Waals surface area contributed by atoms with Gasteiger partial charge in [0.1, 0.15) is 6.10 Å². The van der Waals surface area contributed by atoms with Gasteiger partial charge in [0.15, 0.2) is 16.9 Å². The molecule has 14 heteroatoms. The van der Waals surface area contributed by atoms with Crippen molar-refractivity contribution in [3.63, 3.8) is 0 Å². The molecule has 1 aliphatic heterocycles. The molecule has 2 atom stereocenters. The molecule has 0 bridgehead atoms. The smallest absolute Gasteiger partial charge is 0.387 e. The molecule has 2 aromatic heterocycles. The Hall–Kier alpha value is -2.64. The number of thioether (sulfide) groups is 1. The zero-order valence-corrected chi connectivity index (χ0v) is 27.2. The Kier molecular flexibility index (Phi) is 10.9. The number of carbonyl (C=O) groups is 2. The third-order valence-corrected chi connectivity index (χ3v) is 9.92. The van der Waals surface area contributed by atoms with Crippen LogP contribution in [0.5, 0.6) is 11.5 Å². The summed E-state index contributed by atoms with van der Waals surface area (Å²) in [4.78, 5) is 36.3. The lowest BCUT2D eigenvalue weighted by Gasteiger charge is -2.26. The molecule has 0 N–H and O–H groups in total. The van der Waals surface area contributed by atoms with Gasteiger partial charge in [0, 0.05) is 42.5 Å². The number of hydrogen-bond acceptors (Lipinski definition) is 9. The highest BCUT2D eigenvalue weighted by Crippen LogP contribution is 2.39. The SMILES string of the molecule is CN(C)Cc1ccc(C(=O)N2CCSC2C(=O)O[C@@H](Cc2c(Cl)cncc2Cl)c2ccc(OC(F)F)c(OCC3CC3)c2)s1. The van der Waals surface area contributed by atoms with Gasteiger partial charge in [-0.15, -0.1) is 23.1 Å². The average Bonchev–Trinajstić information content (AvgIpc) is 3.46. The van der Waals surface area contributed by atoms with E-state index in [-0.39, 0.29) is 33.9 Å². The number of amides is 1. The van der Waals surface area contributed by atoms with Crippen LogP contribution in [0, 0.1) is 5.92 Å². The lowest BCUT2D eigenvalue weighted by Crippen LogP contribution is -2.40. The summed E-state index contributed by atoms with van der Waals surface area (Å²) < 4.78 is 42.9. The number of alkyl halides is 2. The molecule has 2 fully saturated rings. The van der Waals surface area contributed by atoms with Gasteiger partial charge in [-0.25, -0.2) is 4.79 Å². The van der Waals surface area contributed by atoms with Gasteiger partial charge >= 0.3 is 12.6 Å². The maximum atomic E-state index is 13.7. The molecule has 1 unspecified atom stereocenters. The second-order valence-electron chi connectivity index (χ2n) is 10.8. The molecule has 0 spiro atoms.